The van der Waals surface area contributed by atoms with E-state index in [9.17, 15) is 0 Å². The topological polar surface area (TPSA) is 82.7 Å². The Kier molecular flexibility index (Phi) is 5.65. The van der Waals surface area contributed by atoms with Gasteiger partial charge in [0.05, 0.1) is 48.6 Å². The number of rotatable bonds is 7. The van der Waals surface area contributed by atoms with Crippen LogP contribution in [0.2, 0.25) is 5.02 Å². The minimum Gasteiger partial charge on any atom is -0.497 e. The summed E-state index contributed by atoms with van der Waals surface area (Å²) in [6.07, 6.45) is 5.64. The summed E-state index contributed by atoms with van der Waals surface area (Å²) in [6.45, 7) is 3.99. The molecule has 0 aliphatic heterocycles. The van der Waals surface area contributed by atoms with Crippen LogP contribution in [0.1, 0.15) is 11.4 Å². The molecule has 0 aliphatic carbocycles. The van der Waals surface area contributed by atoms with Gasteiger partial charge in [0.15, 0.2) is 0 Å². The van der Waals surface area contributed by atoms with Crippen molar-refractivity contribution in [3.05, 3.63) is 83.5 Å². The first-order chi connectivity index (χ1) is 17.6. The largest absolute Gasteiger partial charge is 0.497 e. The molecule has 0 atom stereocenters. The van der Waals surface area contributed by atoms with Gasteiger partial charge in [0.2, 0.25) is 0 Å². The van der Waals surface area contributed by atoms with Gasteiger partial charge in [-0.05, 0) is 49.4 Å². The molecule has 0 bridgehead atoms. The zero-order valence-corrected chi connectivity index (χ0v) is 20.7. The molecule has 0 aliphatic rings. The van der Waals surface area contributed by atoms with Gasteiger partial charge in [0.1, 0.15) is 11.4 Å². The lowest BCUT2D eigenvalue weighted by atomic mass is 10.1. The van der Waals surface area contributed by atoms with Gasteiger partial charge in [-0.15, -0.1) is 5.10 Å². The number of aryl methyl sites for hydroxylation is 1. The molecule has 2 aromatic carbocycles. The van der Waals surface area contributed by atoms with E-state index in [2.05, 4.69) is 48.4 Å². The summed E-state index contributed by atoms with van der Waals surface area (Å²) in [7, 11) is 1.69. The summed E-state index contributed by atoms with van der Waals surface area (Å²) in [6, 6.07) is 15.9. The fourth-order valence-electron chi connectivity index (χ4n) is 4.75. The molecular formula is C27H24ClN7O. The van der Waals surface area contributed by atoms with Crippen molar-refractivity contribution >= 4 is 50.0 Å². The second-order valence-electron chi connectivity index (χ2n) is 8.68. The number of anilines is 1. The van der Waals surface area contributed by atoms with Crippen molar-refractivity contribution in [2.75, 3.05) is 19.0 Å². The molecule has 36 heavy (non-hydrogen) atoms. The van der Waals surface area contributed by atoms with Crippen LogP contribution in [0.4, 0.5) is 5.69 Å². The number of fused-ring (bicyclic) bond motifs is 4. The molecule has 4 heterocycles. The number of methoxy groups -OCH3 is 1. The van der Waals surface area contributed by atoms with Crippen LogP contribution in [-0.2, 0) is 13.1 Å². The number of ether oxygens (including phenoxy) is 1. The molecule has 0 saturated carbocycles. The summed E-state index contributed by atoms with van der Waals surface area (Å²) >= 11 is 6.11. The molecule has 6 aromatic rings. The molecule has 180 valence electrons. The standard InChI is InChI=1S/C27H24ClN7O/c1-17-27-22(7-9-29-17)21-6-4-20(36-2)14-26(21)35(27)16-19-15-34(33-32-19)12-11-31-24-8-10-30-25-13-18(28)3-5-23(24)25/h3-10,13-15H,11-12,16H2,1-2H3,(H,30,31). The monoisotopic (exact) mass is 497 g/mol. The van der Waals surface area contributed by atoms with E-state index in [0.717, 1.165) is 44.8 Å². The smallest absolute Gasteiger partial charge is 0.120 e. The van der Waals surface area contributed by atoms with Gasteiger partial charge < -0.3 is 14.6 Å². The van der Waals surface area contributed by atoms with Crippen molar-refractivity contribution in [1.82, 2.24) is 29.5 Å². The van der Waals surface area contributed by atoms with Gasteiger partial charge in [0.25, 0.3) is 0 Å². The second kappa shape index (κ2) is 9.13. The first kappa shape index (κ1) is 22.3. The van der Waals surface area contributed by atoms with Gasteiger partial charge in [-0.25, -0.2) is 0 Å². The zero-order chi connectivity index (χ0) is 24.6. The fraction of sp³-hybridized carbons (Fsp3) is 0.185. The van der Waals surface area contributed by atoms with Crippen molar-refractivity contribution in [3.63, 3.8) is 0 Å². The Hall–Kier alpha value is -4.17. The number of nitrogens with zero attached hydrogens (tertiary/aromatic N) is 6. The normalized spacial score (nSPS) is 11.5. The summed E-state index contributed by atoms with van der Waals surface area (Å²) in [5.41, 5.74) is 5.92. The maximum Gasteiger partial charge on any atom is 0.120 e. The Balaban J connectivity index is 1.23. The van der Waals surface area contributed by atoms with Crippen LogP contribution in [0, 0.1) is 6.92 Å². The fourth-order valence-corrected chi connectivity index (χ4v) is 4.92. The lowest BCUT2D eigenvalue weighted by Crippen LogP contribution is -2.11. The van der Waals surface area contributed by atoms with Crippen LogP contribution >= 0.6 is 11.6 Å². The Labute approximate surface area is 212 Å². The maximum absolute atomic E-state index is 6.11. The average Bonchev–Trinajstić information content (AvgIpc) is 3.47. The minimum absolute atomic E-state index is 0.586. The van der Waals surface area contributed by atoms with E-state index in [1.54, 1.807) is 13.3 Å². The van der Waals surface area contributed by atoms with Crippen molar-refractivity contribution in [2.24, 2.45) is 0 Å². The SMILES string of the molecule is COc1ccc2c3ccnc(C)c3n(Cc3cn(CCNc4ccnc5cc(Cl)ccc45)nn3)c2c1. The Morgan fingerprint density at radius 1 is 0.972 bits per heavy atom. The number of pyridine rings is 2. The Bertz CT molecular complexity index is 1720. The molecule has 0 radical (unpaired) electrons. The molecule has 0 saturated heterocycles. The van der Waals surface area contributed by atoms with E-state index >= 15 is 0 Å². The molecule has 0 amide bonds. The quantitative estimate of drug-likeness (QED) is 0.315. The highest BCUT2D eigenvalue weighted by molar-refractivity contribution is 6.31. The van der Waals surface area contributed by atoms with Crippen LogP contribution in [0.15, 0.2) is 67.1 Å². The second-order valence-corrected chi connectivity index (χ2v) is 9.12. The van der Waals surface area contributed by atoms with Crippen LogP contribution in [-0.4, -0.2) is 43.2 Å². The van der Waals surface area contributed by atoms with Crippen LogP contribution in [0.25, 0.3) is 32.7 Å². The molecule has 9 heteroatoms. The number of benzene rings is 2. The molecule has 0 spiro atoms. The van der Waals surface area contributed by atoms with Crippen LogP contribution < -0.4 is 10.1 Å². The van der Waals surface area contributed by atoms with Gasteiger partial charge in [-0.3, -0.25) is 14.6 Å². The third-order valence-electron chi connectivity index (χ3n) is 6.43. The van der Waals surface area contributed by atoms with Gasteiger partial charge >= 0.3 is 0 Å². The first-order valence-electron chi connectivity index (χ1n) is 11.7. The predicted molar refractivity (Wildman–Crippen MR) is 143 cm³/mol. The average molecular weight is 498 g/mol. The number of hydrogen-bond acceptors (Lipinski definition) is 6. The third-order valence-corrected chi connectivity index (χ3v) is 6.67. The Morgan fingerprint density at radius 3 is 2.72 bits per heavy atom. The number of halogens is 1. The van der Waals surface area contributed by atoms with Crippen molar-refractivity contribution in [2.45, 2.75) is 20.0 Å². The lowest BCUT2D eigenvalue weighted by Gasteiger charge is -2.09. The number of aromatic nitrogens is 6. The number of hydrogen-bond donors (Lipinski definition) is 1. The van der Waals surface area contributed by atoms with E-state index in [4.69, 9.17) is 16.3 Å². The summed E-state index contributed by atoms with van der Waals surface area (Å²) in [4.78, 5) is 8.94. The highest BCUT2D eigenvalue weighted by atomic mass is 35.5. The van der Waals surface area contributed by atoms with E-state index < -0.39 is 0 Å². The van der Waals surface area contributed by atoms with E-state index in [0.29, 0.717) is 24.7 Å². The summed E-state index contributed by atoms with van der Waals surface area (Å²) in [5.74, 6) is 0.817. The molecule has 0 unspecified atom stereocenters. The van der Waals surface area contributed by atoms with E-state index in [1.807, 2.05) is 54.3 Å². The highest BCUT2D eigenvalue weighted by Gasteiger charge is 2.15. The number of nitrogens with one attached hydrogen (secondary N) is 1. The predicted octanol–water partition coefficient (Wildman–Crippen LogP) is 5.46. The zero-order valence-electron chi connectivity index (χ0n) is 19.9. The molecule has 4 aromatic heterocycles. The summed E-state index contributed by atoms with van der Waals surface area (Å²) in [5, 5.41) is 16.3. The highest BCUT2D eigenvalue weighted by Crippen LogP contribution is 2.33. The van der Waals surface area contributed by atoms with Gasteiger partial charge in [-0.1, -0.05) is 16.8 Å². The van der Waals surface area contributed by atoms with Crippen LogP contribution in [0.3, 0.4) is 0 Å². The molecular weight excluding hydrogens is 474 g/mol. The van der Waals surface area contributed by atoms with Crippen molar-refractivity contribution < 1.29 is 4.74 Å². The molecule has 0 fully saturated rings. The van der Waals surface area contributed by atoms with Crippen LogP contribution in [0.5, 0.6) is 5.75 Å². The lowest BCUT2D eigenvalue weighted by molar-refractivity contribution is 0.415. The molecule has 8 nitrogen and oxygen atoms in total. The maximum atomic E-state index is 6.11. The third kappa shape index (κ3) is 3.99. The molecule has 1 N–H and O–H groups in total. The first-order valence-corrected chi connectivity index (χ1v) is 12.1. The van der Waals surface area contributed by atoms with Gasteiger partial charge in [-0.2, -0.15) is 0 Å². The van der Waals surface area contributed by atoms with Gasteiger partial charge in [0, 0.05) is 51.9 Å². The van der Waals surface area contributed by atoms with E-state index in [1.165, 1.54) is 10.8 Å². The Morgan fingerprint density at radius 2 is 1.83 bits per heavy atom. The minimum atomic E-state index is 0.586. The van der Waals surface area contributed by atoms with Crippen molar-refractivity contribution in [1.29, 1.82) is 0 Å². The molecule has 6 rings (SSSR count). The van der Waals surface area contributed by atoms with Crippen molar-refractivity contribution in [3.8, 4) is 5.75 Å². The summed E-state index contributed by atoms with van der Waals surface area (Å²) < 4.78 is 9.60. The van der Waals surface area contributed by atoms with E-state index in [-0.39, 0.29) is 0 Å².